The number of nitrogens with zero attached hydrogens (tertiary/aromatic N) is 1. The van der Waals surface area contributed by atoms with E-state index in [0.29, 0.717) is 18.7 Å². The molecule has 0 unspecified atom stereocenters. The summed E-state index contributed by atoms with van der Waals surface area (Å²) in [6.07, 6.45) is 0.589. The van der Waals surface area contributed by atoms with Crippen LogP contribution in [0, 0.1) is 20.8 Å². The molecule has 0 atom stereocenters. The molecule has 0 radical (unpaired) electrons. The first-order valence-electron chi connectivity index (χ1n) is 6.35. The van der Waals surface area contributed by atoms with Crippen LogP contribution in [0.1, 0.15) is 31.5 Å². The Morgan fingerprint density at radius 2 is 2.10 bits per heavy atom. The highest BCUT2D eigenvalue weighted by Gasteiger charge is 2.09. The van der Waals surface area contributed by atoms with Gasteiger partial charge in [0.2, 0.25) is 0 Å². The molecule has 0 spiro atoms. The van der Waals surface area contributed by atoms with Crippen LogP contribution in [0.4, 0.5) is 0 Å². The molecular weight excluding hydrogens is 274 g/mol. The van der Waals surface area contributed by atoms with Crippen molar-refractivity contribution in [2.45, 2.75) is 27.2 Å². The highest BCUT2D eigenvalue weighted by atomic mass is 32.1. The van der Waals surface area contributed by atoms with Crippen LogP contribution < -0.4 is 9.84 Å². The molecule has 0 aliphatic carbocycles. The van der Waals surface area contributed by atoms with Crippen molar-refractivity contribution in [2.75, 3.05) is 6.61 Å². The van der Waals surface area contributed by atoms with Crippen LogP contribution in [0.2, 0.25) is 0 Å². The lowest BCUT2D eigenvalue weighted by molar-refractivity contribution is -0.254. The van der Waals surface area contributed by atoms with E-state index in [2.05, 4.69) is 4.98 Å². The van der Waals surface area contributed by atoms with Crippen molar-refractivity contribution < 1.29 is 14.6 Å². The van der Waals surface area contributed by atoms with Gasteiger partial charge in [-0.25, -0.2) is 4.98 Å². The van der Waals surface area contributed by atoms with Crippen molar-refractivity contribution in [3.63, 3.8) is 0 Å². The molecule has 0 aliphatic heterocycles. The maximum Gasteiger partial charge on any atom is 0.122 e. The molecule has 0 bridgehead atoms. The average Bonchev–Trinajstić information content (AvgIpc) is 2.76. The zero-order chi connectivity index (χ0) is 14.7. The van der Waals surface area contributed by atoms with Crippen LogP contribution in [0.25, 0.3) is 0 Å². The molecular formula is C15H16NO3S-. The van der Waals surface area contributed by atoms with Crippen LogP contribution in [-0.4, -0.2) is 17.6 Å². The van der Waals surface area contributed by atoms with E-state index in [-0.39, 0.29) is 4.88 Å². The minimum absolute atomic E-state index is 0.201. The number of thiazole rings is 1. The number of carbonyl (C=O) groups excluding carboxylic acids is 1. The van der Waals surface area contributed by atoms with Crippen molar-refractivity contribution in [1.29, 1.82) is 0 Å². The molecule has 0 amide bonds. The molecule has 2 aromatic rings. The van der Waals surface area contributed by atoms with Gasteiger partial charge in [0, 0.05) is 6.42 Å². The van der Waals surface area contributed by atoms with Gasteiger partial charge in [-0.3, -0.25) is 0 Å². The highest BCUT2D eigenvalue weighted by Crippen LogP contribution is 2.22. The number of aromatic nitrogens is 1. The van der Waals surface area contributed by atoms with Crippen LogP contribution in [0.3, 0.4) is 0 Å². The molecule has 0 saturated carbocycles. The normalized spacial score (nSPS) is 10.6. The molecule has 106 valence electrons. The molecule has 0 saturated heterocycles. The summed E-state index contributed by atoms with van der Waals surface area (Å²) in [5.74, 6) is -0.305. The molecule has 2 rings (SSSR count). The first kappa shape index (κ1) is 14.5. The van der Waals surface area contributed by atoms with Gasteiger partial charge in [0.25, 0.3) is 0 Å². The lowest BCUT2D eigenvalue weighted by atomic mass is 10.1. The lowest BCUT2D eigenvalue weighted by Gasteiger charge is -2.09. The van der Waals surface area contributed by atoms with E-state index in [1.165, 1.54) is 5.56 Å². The maximum atomic E-state index is 10.8. The third-order valence-corrected chi connectivity index (χ3v) is 4.35. The van der Waals surface area contributed by atoms with Crippen molar-refractivity contribution >= 4 is 17.3 Å². The van der Waals surface area contributed by atoms with Crippen molar-refractivity contribution in [3.8, 4) is 5.75 Å². The van der Waals surface area contributed by atoms with Gasteiger partial charge in [-0.1, -0.05) is 12.1 Å². The fraction of sp³-hybridized carbons (Fsp3) is 0.333. The fourth-order valence-corrected chi connectivity index (χ4v) is 2.76. The summed E-state index contributed by atoms with van der Waals surface area (Å²) in [6, 6.07) is 5.93. The van der Waals surface area contributed by atoms with Gasteiger partial charge < -0.3 is 14.6 Å². The number of aryl methyl sites for hydroxylation is 2. The molecule has 1 aromatic heterocycles. The number of aromatic carboxylic acids is 1. The summed E-state index contributed by atoms with van der Waals surface area (Å²) in [5.41, 5.74) is 2.82. The summed E-state index contributed by atoms with van der Waals surface area (Å²) < 4.78 is 5.73. The summed E-state index contributed by atoms with van der Waals surface area (Å²) in [6.45, 7) is 6.21. The monoisotopic (exact) mass is 290 g/mol. The number of rotatable bonds is 5. The SMILES string of the molecule is Cc1cccc(OCCc2nc(C)c(C(=O)[O-])s2)c1C. The van der Waals surface area contributed by atoms with E-state index in [1.54, 1.807) is 6.92 Å². The standard InChI is InChI=1S/C15H17NO3S/c1-9-5-4-6-12(10(9)2)19-8-7-13-16-11(3)14(20-13)15(17)18/h4-6H,7-8H2,1-3H3,(H,17,18)/p-1. The van der Waals surface area contributed by atoms with Gasteiger partial charge in [0.05, 0.1) is 28.2 Å². The number of benzene rings is 1. The summed E-state index contributed by atoms with van der Waals surface area (Å²) in [5, 5.41) is 11.6. The van der Waals surface area contributed by atoms with Crippen molar-refractivity contribution in [3.05, 3.63) is 44.9 Å². The third-order valence-electron chi connectivity index (χ3n) is 3.15. The van der Waals surface area contributed by atoms with Crippen LogP contribution in [-0.2, 0) is 6.42 Å². The Bertz CT molecular complexity index is 634. The third kappa shape index (κ3) is 3.17. The maximum absolute atomic E-state index is 10.8. The Morgan fingerprint density at radius 1 is 1.35 bits per heavy atom. The van der Waals surface area contributed by atoms with Crippen molar-refractivity contribution in [1.82, 2.24) is 4.98 Å². The summed E-state index contributed by atoms with van der Waals surface area (Å²) in [7, 11) is 0. The molecule has 0 aliphatic rings. The average molecular weight is 290 g/mol. The van der Waals surface area contributed by atoms with Crippen LogP contribution in [0.5, 0.6) is 5.75 Å². The molecule has 0 N–H and O–H groups in total. The molecule has 0 fully saturated rings. The van der Waals surface area contributed by atoms with Gasteiger partial charge in [0.1, 0.15) is 5.75 Å². The first-order valence-corrected chi connectivity index (χ1v) is 7.17. The highest BCUT2D eigenvalue weighted by molar-refractivity contribution is 7.13. The fourth-order valence-electron chi connectivity index (χ4n) is 1.88. The Labute approximate surface area is 122 Å². The molecule has 4 nitrogen and oxygen atoms in total. The van der Waals surface area contributed by atoms with E-state index in [0.717, 1.165) is 27.7 Å². The molecule has 5 heteroatoms. The number of carbonyl (C=O) groups is 1. The largest absolute Gasteiger partial charge is 0.544 e. The lowest BCUT2D eigenvalue weighted by Crippen LogP contribution is -2.21. The van der Waals surface area contributed by atoms with E-state index in [9.17, 15) is 9.90 Å². The zero-order valence-corrected chi connectivity index (χ0v) is 12.5. The van der Waals surface area contributed by atoms with E-state index < -0.39 is 5.97 Å². The van der Waals surface area contributed by atoms with Gasteiger partial charge in [0.15, 0.2) is 0 Å². The predicted octanol–water partition coefficient (Wildman–Crippen LogP) is 2.05. The second kappa shape index (κ2) is 6.05. The predicted molar refractivity (Wildman–Crippen MR) is 76.3 cm³/mol. The van der Waals surface area contributed by atoms with Crippen LogP contribution in [0.15, 0.2) is 18.2 Å². The number of hydrogen-bond acceptors (Lipinski definition) is 5. The Morgan fingerprint density at radius 3 is 2.75 bits per heavy atom. The number of carboxylic acids is 1. The summed E-state index contributed by atoms with van der Waals surface area (Å²) >= 11 is 1.16. The number of hydrogen-bond donors (Lipinski definition) is 0. The summed E-state index contributed by atoms with van der Waals surface area (Å²) in [4.78, 5) is 15.3. The van der Waals surface area contributed by atoms with Gasteiger partial charge in [-0.2, -0.15) is 0 Å². The van der Waals surface area contributed by atoms with Crippen LogP contribution >= 0.6 is 11.3 Å². The van der Waals surface area contributed by atoms with Crippen molar-refractivity contribution in [2.24, 2.45) is 0 Å². The quantitative estimate of drug-likeness (QED) is 0.845. The Kier molecular flexibility index (Phi) is 4.39. The first-order chi connectivity index (χ1) is 9.49. The Balaban J connectivity index is 1.98. The topological polar surface area (TPSA) is 62.2 Å². The zero-order valence-electron chi connectivity index (χ0n) is 11.7. The smallest absolute Gasteiger partial charge is 0.122 e. The van der Waals surface area contributed by atoms with E-state index >= 15 is 0 Å². The van der Waals surface area contributed by atoms with Gasteiger partial charge in [-0.05, 0) is 38.0 Å². The second-order valence-corrected chi connectivity index (χ2v) is 5.69. The van der Waals surface area contributed by atoms with Gasteiger partial charge in [-0.15, -0.1) is 11.3 Å². The Hall–Kier alpha value is -1.88. The molecule has 1 heterocycles. The second-order valence-electron chi connectivity index (χ2n) is 4.61. The minimum atomic E-state index is -1.17. The minimum Gasteiger partial charge on any atom is -0.544 e. The molecule has 20 heavy (non-hydrogen) atoms. The molecule has 1 aromatic carbocycles. The van der Waals surface area contributed by atoms with E-state index in [1.807, 2.05) is 32.0 Å². The number of carboxylic acid groups (broad SMARTS) is 1. The van der Waals surface area contributed by atoms with Gasteiger partial charge >= 0.3 is 0 Å². The van der Waals surface area contributed by atoms with E-state index in [4.69, 9.17) is 4.74 Å². The number of ether oxygens (including phenoxy) is 1.